The SMILES string of the molecule is Cc1cnn(CCNC(=O)[C@@H](N)Cc2ccccc2)c1.Cl. The third kappa shape index (κ3) is 5.57. The van der Waals surface area contributed by atoms with Gasteiger partial charge in [0.05, 0.1) is 18.8 Å². The number of carbonyl (C=O) groups is 1. The number of nitrogens with zero attached hydrogens (tertiary/aromatic N) is 2. The van der Waals surface area contributed by atoms with Gasteiger partial charge in [0.1, 0.15) is 0 Å². The van der Waals surface area contributed by atoms with Crippen LogP contribution < -0.4 is 11.1 Å². The maximum atomic E-state index is 11.9. The molecular formula is C15H21ClN4O. The molecule has 1 amide bonds. The minimum Gasteiger partial charge on any atom is -0.353 e. The second-order valence-electron chi connectivity index (χ2n) is 4.87. The second kappa shape index (κ2) is 8.44. The molecule has 21 heavy (non-hydrogen) atoms. The molecule has 2 rings (SSSR count). The number of rotatable bonds is 6. The van der Waals surface area contributed by atoms with Crippen molar-refractivity contribution in [2.45, 2.75) is 25.9 Å². The summed E-state index contributed by atoms with van der Waals surface area (Å²) in [5.41, 5.74) is 8.07. The van der Waals surface area contributed by atoms with Crippen molar-refractivity contribution in [3.8, 4) is 0 Å². The third-order valence-corrected chi connectivity index (χ3v) is 3.04. The van der Waals surface area contributed by atoms with E-state index in [1.165, 1.54) is 0 Å². The Hall–Kier alpha value is -1.85. The van der Waals surface area contributed by atoms with Gasteiger partial charge in [-0.05, 0) is 24.5 Å². The van der Waals surface area contributed by atoms with Gasteiger partial charge < -0.3 is 11.1 Å². The summed E-state index contributed by atoms with van der Waals surface area (Å²) < 4.78 is 1.80. The Morgan fingerprint density at radius 3 is 2.71 bits per heavy atom. The molecule has 3 N–H and O–H groups in total. The molecule has 0 unspecified atom stereocenters. The minimum atomic E-state index is -0.517. The van der Waals surface area contributed by atoms with E-state index in [2.05, 4.69) is 10.4 Å². The van der Waals surface area contributed by atoms with Crippen LogP contribution in [-0.4, -0.2) is 28.3 Å². The number of benzene rings is 1. The second-order valence-corrected chi connectivity index (χ2v) is 4.87. The fourth-order valence-electron chi connectivity index (χ4n) is 1.97. The molecular weight excluding hydrogens is 288 g/mol. The van der Waals surface area contributed by atoms with Gasteiger partial charge >= 0.3 is 0 Å². The van der Waals surface area contributed by atoms with Crippen molar-refractivity contribution in [1.29, 1.82) is 0 Å². The normalized spacial score (nSPS) is 11.5. The highest BCUT2D eigenvalue weighted by molar-refractivity contribution is 5.85. The number of aromatic nitrogens is 2. The average molecular weight is 309 g/mol. The van der Waals surface area contributed by atoms with E-state index in [9.17, 15) is 4.79 Å². The van der Waals surface area contributed by atoms with Crippen LogP contribution >= 0.6 is 12.4 Å². The van der Waals surface area contributed by atoms with Crippen LogP contribution in [0.25, 0.3) is 0 Å². The smallest absolute Gasteiger partial charge is 0.237 e. The molecule has 0 spiro atoms. The van der Waals surface area contributed by atoms with E-state index in [0.717, 1.165) is 11.1 Å². The number of nitrogens with one attached hydrogen (secondary N) is 1. The van der Waals surface area contributed by atoms with Gasteiger partial charge in [0, 0.05) is 12.7 Å². The first-order valence-corrected chi connectivity index (χ1v) is 6.71. The highest BCUT2D eigenvalue weighted by Crippen LogP contribution is 2.01. The number of carbonyl (C=O) groups excluding carboxylic acids is 1. The third-order valence-electron chi connectivity index (χ3n) is 3.04. The Labute approximate surface area is 130 Å². The summed E-state index contributed by atoms with van der Waals surface area (Å²) in [6, 6.07) is 9.26. The van der Waals surface area contributed by atoms with Crippen LogP contribution in [0.5, 0.6) is 0 Å². The Bertz CT molecular complexity index is 556. The molecule has 0 aliphatic carbocycles. The molecule has 0 aliphatic rings. The van der Waals surface area contributed by atoms with Crippen LogP contribution in [0.2, 0.25) is 0 Å². The van der Waals surface area contributed by atoms with E-state index in [1.54, 1.807) is 10.9 Å². The molecule has 0 aliphatic heterocycles. The predicted molar refractivity (Wildman–Crippen MR) is 85.3 cm³/mol. The summed E-state index contributed by atoms with van der Waals surface area (Å²) in [5, 5.41) is 6.99. The molecule has 0 bridgehead atoms. The van der Waals surface area contributed by atoms with Crippen molar-refractivity contribution in [3.05, 3.63) is 53.9 Å². The number of amides is 1. The molecule has 6 heteroatoms. The largest absolute Gasteiger partial charge is 0.353 e. The van der Waals surface area contributed by atoms with Crippen molar-refractivity contribution in [2.75, 3.05) is 6.54 Å². The maximum Gasteiger partial charge on any atom is 0.237 e. The highest BCUT2D eigenvalue weighted by Gasteiger charge is 2.13. The topological polar surface area (TPSA) is 72.9 Å². The first kappa shape index (κ1) is 17.2. The highest BCUT2D eigenvalue weighted by atomic mass is 35.5. The first-order valence-electron chi connectivity index (χ1n) is 6.71. The molecule has 1 aromatic carbocycles. The van der Waals surface area contributed by atoms with E-state index in [0.29, 0.717) is 19.5 Å². The lowest BCUT2D eigenvalue weighted by Crippen LogP contribution is -2.43. The van der Waals surface area contributed by atoms with Crippen molar-refractivity contribution in [3.63, 3.8) is 0 Å². The van der Waals surface area contributed by atoms with Crippen LogP contribution in [0.15, 0.2) is 42.7 Å². The van der Waals surface area contributed by atoms with Gasteiger partial charge in [0.2, 0.25) is 5.91 Å². The molecule has 1 heterocycles. The lowest BCUT2D eigenvalue weighted by molar-refractivity contribution is -0.122. The molecule has 1 aromatic heterocycles. The molecule has 0 fully saturated rings. The molecule has 2 aromatic rings. The molecule has 0 saturated heterocycles. The Morgan fingerprint density at radius 2 is 2.10 bits per heavy atom. The van der Waals surface area contributed by atoms with E-state index in [-0.39, 0.29) is 18.3 Å². The number of halogens is 1. The van der Waals surface area contributed by atoms with Crippen LogP contribution in [-0.2, 0) is 17.8 Å². The fraction of sp³-hybridized carbons (Fsp3) is 0.333. The molecule has 0 saturated carbocycles. The van der Waals surface area contributed by atoms with Crippen LogP contribution in [0.4, 0.5) is 0 Å². The fourth-order valence-corrected chi connectivity index (χ4v) is 1.97. The number of aryl methyl sites for hydroxylation is 1. The number of nitrogens with two attached hydrogens (primary N) is 1. The van der Waals surface area contributed by atoms with Crippen molar-refractivity contribution >= 4 is 18.3 Å². The van der Waals surface area contributed by atoms with Crippen LogP contribution in [0.3, 0.4) is 0 Å². The lowest BCUT2D eigenvalue weighted by atomic mass is 10.1. The molecule has 1 atom stereocenters. The van der Waals surface area contributed by atoms with Crippen LogP contribution in [0, 0.1) is 6.92 Å². The standard InChI is InChI=1S/C15H20N4O.ClH/c1-12-10-18-19(11-12)8-7-17-15(20)14(16)9-13-5-3-2-4-6-13;/h2-6,10-11,14H,7-9,16H2,1H3,(H,17,20);1H/t14-;/m0./s1. The lowest BCUT2D eigenvalue weighted by Gasteiger charge is -2.12. The summed E-state index contributed by atoms with van der Waals surface area (Å²) in [6.07, 6.45) is 4.28. The van der Waals surface area contributed by atoms with E-state index < -0.39 is 6.04 Å². The van der Waals surface area contributed by atoms with Gasteiger partial charge in [-0.3, -0.25) is 9.48 Å². The predicted octanol–water partition coefficient (Wildman–Crippen LogP) is 1.30. The number of hydrogen-bond acceptors (Lipinski definition) is 3. The summed E-state index contributed by atoms with van der Waals surface area (Å²) in [5.74, 6) is -0.127. The first-order chi connectivity index (χ1) is 9.65. The Morgan fingerprint density at radius 1 is 1.38 bits per heavy atom. The van der Waals surface area contributed by atoms with E-state index >= 15 is 0 Å². The minimum absolute atomic E-state index is 0. The summed E-state index contributed by atoms with van der Waals surface area (Å²) >= 11 is 0. The van der Waals surface area contributed by atoms with Gasteiger partial charge in [-0.2, -0.15) is 5.10 Å². The number of hydrogen-bond donors (Lipinski definition) is 2. The maximum absolute atomic E-state index is 11.9. The van der Waals surface area contributed by atoms with Crippen molar-refractivity contribution in [1.82, 2.24) is 15.1 Å². The monoisotopic (exact) mass is 308 g/mol. The summed E-state index contributed by atoms with van der Waals surface area (Å²) in [7, 11) is 0. The van der Waals surface area contributed by atoms with Gasteiger partial charge in [0.15, 0.2) is 0 Å². The Kier molecular flexibility index (Phi) is 6.91. The van der Waals surface area contributed by atoms with Gasteiger partial charge in [-0.1, -0.05) is 30.3 Å². The van der Waals surface area contributed by atoms with E-state index in [1.807, 2.05) is 43.5 Å². The van der Waals surface area contributed by atoms with Gasteiger partial charge in [0.25, 0.3) is 0 Å². The summed E-state index contributed by atoms with van der Waals surface area (Å²) in [4.78, 5) is 11.9. The van der Waals surface area contributed by atoms with Gasteiger partial charge in [-0.15, -0.1) is 12.4 Å². The van der Waals surface area contributed by atoms with Crippen molar-refractivity contribution in [2.24, 2.45) is 5.73 Å². The molecule has 114 valence electrons. The zero-order valence-corrected chi connectivity index (χ0v) is 12.8. The average Bonchev–Trinajstić information content (AvgIpc) is 2.85. The van der Waals surface area contributed by atoms with Crippen molar-refractivity contribution < 1.29 is 4.79 Å². The quantitative estimate of drug-likeness (QED) is 0.845. The Balaban J connectivity index is 0.00000220. The molecule has 5 nitrogen and oxygen atoms in total. The zero-order chi connectivity index (χ0) is 14.4. The zero-order valence-electron chi connectivity index (χ0n) is 12.0. The molecule has 0 radical (unpaired) electrons. The van der Waals surface area contributed by atoms with Crippen LogP contribution in [0.1, 0.15) is 11.1 Å². The van der Waals surface area contributed by atoms with E-state index in [4.69, 9.17) is 5.73 Å². The van der Waals surface area contributed by atoms with Gasteiger partial charge in [-0.25, -0.2) is 0 Å². The summed E-state index contributed by atoms with van der Waals surface area (Å²) in [6.45, 7) is 3.16.